The van der Waals surface area contributed by atoms with E-state index in [2.05, 4.69) is 5.32 Å². The second-order valence-electron chi connectivity index (χ2n) is 4.27. The van der Waals surface area contributed by atoms with Crippen LogP contribution in [0.3, 0.4) is 0 Å². The van der Waals surface area contributed by atoms with Gasteiger partial charge < -0.3 is 25.0 Å². The number of benzene rings is 1. The van der Waals surface area contributed by atoms with Gasteiger partial charge in [0.15, 0.2) is 6.29 Å². The van der Waals surface area contributed by atoms with Gasteiger partial charge in [0.25, 0.3) is 0 Å². The molecule has 0 saturated heterocycles. The molecule has 9 heteroatoms. The Hall–Kier alpha value is -0.660. The Kier molecular flexibility index (Phi) is 7.28. The maximum absolute atomic E-state index is 11.5. The minimum Gasteiger partial charge on any atom is -0.478 e. The zero-order valence-corrected chi connectivity index (χ0v) is 16.4. The number of halogens is 2. The Labute approximate surface area is 154 Å². The van der Waals surface area contributed by atoms with Gasteiger partial charge in [-0.2, -0.15) is 0 Å². The Morgan fingerprint density at radius 3 is 1.82 bits per heavy atom. The minimum atomic E-state index is -1.17. The molecule has 22 heavy (non-hydrogen) atoms. The number of rotatable bonds is 7. The summed E-state index contributed by atoms with van der Waals surface area (Å²) in [7, 11) is 2.96. The maximum atomic E-state index is 11.5. The van der Waals surface area contributed by atoms with E-state index in [-0.39, 0.29) is 23.2 Å². The summed E-state index contributed by atoms with van der Waals surface area (Å²) in [5.74, 6) is -2.34. The molecule has 0 fully saturated rings. The van der Waals surface area contributed by atoms with Gasteiger partial charge in [0.05, 0.1) is 30.5 Å². The Balaban J connectivity index is 3.43. The highest BCUT2D eigenvalue weighted by Gasteiger charge is 2.26. The van der Waals surface area contributed by atoms with E-state index < -0.39 is 18.2 Å². The van der Waals surface area contributed by atoms with Crippen LogP contribution in [0.5, 0.6) is 0 Å². The summed E-state index contributed by atoms with van der Waals surface area (Å²) in [5, 5.41) is 21.7. The fourth-order valence-electron chi connectivity index (χ4n) is 1.91. The molecule has 1 aromatic rings. The number of methoxy groups -OCH3 is 2. The molecule has 3 N–H and O–H groups in total. The standard InChI is InChI=1S/C13H15I2NO6/c1-5-7(12(17)18)9(14)11(10(15)8(5)13(19)20)16-4-6(21-2)22-3/h6,16H,4H2,1-3H3,(H,17,18)(H,19,20). The summed E-state index contributed by atoms with van der Waals surface area (Å²) in [6, 6.07) is 0. The number of hydrogen-bond acceptors (Lipinski definition) is 5. The van der Waals surface area contributed by atoms with E-state index in [9.17, 15) is 19.8 Å². The van der Waals surface area contributed by atoms with Crippen molar-refractivity contribution in [3.8, 4) is 0 Å². The second kappa shape index (κ2) is 8.26. The van der Waals surface area contributed by atoms with Crippen LogP contribution in [0.4, 0.5) is 5.69 Å². The van der Waals surface area contributed by atoms with Gasteiger partial charge in [0.2, 0.25) is 0 Å². The van der Waals surface area contributed by atoms with Crippen molar-refractivity contribution in [3.63, 3.8) is 0 Å². The van der Waals surface area contributed by atoms with Gasteiger partial charge >= 0.3 is 11.9 Å². The summed E-state index contributed by atoms with van der Waals surface area (Å²) < 4.78 is 11.0. The number of hydrogen-bond donors (Lipinski definition) is 3. The van der Waals surface area contributed by atoms with Crippen LogP contribution in [0.25, 0.3) is 0 Å². The number of nitrogens with one attached hydrogen (secondary N) is 1. The molecule has 0 unspecified atom stereocenters. The monoisotopic (exact) mass is 535 g/mol. The van der Waals surface area contributed by atoms with Crippen molar-refractivity contribution in [3.05, 3.63) is 23.8 Å². The molecule has 0 bridgehead atoms. The van der Waals surface area contributed by atoms with E-state index >= 15 is 0 Å². The van der Waals surface area contributed by atoms with Crippen molar-refractivity contribution in [1.82, 2.24) is 0 Å². The maximum Gasteiger partial charge on any atom is 0.337 e. The molecule has 0 heterocycles. The zero-order chi connectivity index (χ0) is 17.0. The van der Waals surface area contributed by atoms with Crippen LogP contribution in [0, 0.1) is 14.1 Å². The van der Waals surface area contributed by atoms with Crippen molar-refractivity contribution in [2.75, 3.05) is 26.1 Å². The molecule has 7 nitrogen and oxygen atoms in total. The van der Waals surface area contributed by atoms with Crippen LogP contribution < -0.4 is 5.32 Å². The number of carboxylic acids is 2. The first-order valence-corrected chi connectivity index (χ1v) is 8.19. The predicted molar refractivity (Wildman–Crippen MR) is 96.8 cm³/mol. The van der Waals surface area contributed by atoms with Crippen LogP contribution in [0.15, 0.2) is 0 Å². The third-order valence-electron chi connectivity index (χ3n) is 3.03. The van der Waals surface area contributed by atoms with E-state index in [0.29, 0.717) is 12.8 Å². The SMILES string of the molecule is COC(CNc1c(I)c(C(=O)O)c(C)c(C(=O)O)c1I)OC. The average molecular weight is 535 g/mol. The van der Waals surface area contributed by atoms with Gasteiger partial charge in [-0.05, 0) is 57.7 Å². The van der Waals surface area contributed by atoms with E-state index in [1.165, 1.54) is 21.1 Å². The van der Waals surface area contributed by atoms with Crippen molar-refractivity contribution in [2.45, 2.75) is 13.2 Å². The number of carboxylic acid groups (broad SMARTS) is 2. The normalized spacial score (nSPS) is 10.8. The number of ether oxygens (including phenoxy) is 2. The number of aromatic carboxylic acids is 2. The smallest absolute Gasteiger partial charge is 0.337 e. The molecule has 0 saturated carbocycles. The van der Waals surface area contributed by atoms with Crippen molar-refractivity contribution < 1.29 is 29.3 Å². The summed E-state index contributed by atoms with van der Waals surface area (Å²) in [4.78, 5) is 22.9. The highest BCUT2D eigenvalue weighted by molar-refractivity contribution is 14.1. The molecule has 0 aliphatic heterocycles. The van der Waals surface area contributed by atoms with Gasteiger partial charge in [-0.3, -0.25) is 0 Å². The summed E-state index contributed by atoms with van der Waals surface area (Å²) in [6.45, 7) is 1.74. The lowest BCUT2D eigenvalue weighted by molar-refractivity contribution is -0.0914. The van der Waals surface area contributed by atoms with Crippen molar-refractivity contribution >= 4 is 62.8 Å². The molecular formula is C13H15I2NO6. The predicted octanol–water partition coefficient (Wildman–Crippen LogP) is 2.63. The minimum absolute atomic E-state index is 0.0210. The van der Waals surface area contributed by atoms with Gasteiger partial charge in [0.1, 0.15) is 0 Å². The highest BCUT2D eigenvalue weighted by Crippen LogP contribution is 2.34. The molecule has 1 rings (SSSR count). The van der Waals surface area contributed by atoms with Gasteiger partial charge in [0, 0.05) is 14.2 Å². The largest absolute Gasteiger partial charge is 0.478 e. The van der Waals surface area contributed by atoms with Crippen molar-refractivity contribution in [1.29, 1.82) is 0 Å². The average Bonchev–Trinajstić information content (AvgIpc) is 2.41. The molecule has 0 aromatic heterocycles. The van der Waals surface area contributed by atoms with E-state index in [1.807, 2.05) is 45.2 Å². The quantitative estimate of drug-likeness (QED) is 0.365. The fourth-order valence-corrected chi connectivity index (χ4v) is 4.62. The first-order chi connectivity index (χ1) is 10.3. The molecular weight excluding hydrogens is 520 g/mol. The van der Waals surface area contributed by atoms with Crippen LogP contribution in [0.1, 0.15) is 26.3 Å². The second-order valence-corrected chi connectivity index (χ2v) is 6.43. The number of anilines is 1. The fraction of sp³-hybridized carbons (Fsp3) is 0.385. The zero-order valence-electron chi connectivity index (χ0n) is 12.1. The molecule has 122 valence electrons. The first-order valence-electron chi connectivity index (χ1n) is 6.03. The van der Waals surface area contributed by atoms with E-state index in [4.69, 9.17) is 9.47 Å². The molecule has 0 spiro atoms. The first kappa shape index (κ1) is 19.4. The molecule has 0 aliphatic carbocycles. The van der Waals surface area contributed by atoms with Gasteiger partial charge in [-0.25, -0.2) is 9.59 Å². The topological polar surface area (TPSA) is 105 Å². The molecule has 0 aliphatic rings. The number of carbonyl (C=O) groups is 2. The Morgan fingerprint density at radius 2 is 1.50 bits per heavy atom. The molecule has 0 atom stereocenters. The van der Waals surface area contributed by atoms with Crippen LogP contribution in [-0.2, 0) is 9.47 Å². The summed E-state index contributed by atoms with van der Waals surface area (Å²) >= 11 is 3.79. The lowest BCUT2D eigenvalue weighted by atomic mass is 10.0. The molecule has 0 radical (unpaired) electrons. The van der Waals surface area contributed by atoms with Crippen LogP contribution in [-0.4, -0.2) is 49.2 Å². The van der Waals surface area contributed by atoms with Gasteiger partial charge in [-0.1, -0.05) is 0 Å². The van der Waals surface area contributed by atoms with Crippen LogP contribution in [0.2, 0.25) is 0 Å². The van der Waals surface area contributed by atoms with Crippen LogP contribution >= 0.6 is 45.2 Å². The molecule has 0 amide bonds. The molecule has 1 aromatic carbocycles. The summed E-state index contributed by atoms with van der Waals surface area (Å²) in [5.41, 5.74) is 0.634. The summed E-state index contributed by atoms with van der Waals surface area (Å²) in [6.07, 6.45) is -0.533. The van der Waals surface area contributed by atoms with Crippen molar-refractivity contribution in [2.24, 2.45) is 0 Å². The Morgan fingerprint density at radius 1 is 1.09 bits per heavy atom. The van der Waals surface area contributed by atoms with E-state index in [0.717, 1.165) is 0 Å². The lowest BCUT2D eigenvalue weighted by Gasteiger charge is -2.20. The van der Waals surface area contributed by atoms with E-state index in [1.54, 1.807) is 0 Å². The third kappa shape index (κ3) is 4.00. The lowest BCUT2D eigenvalue weighted by Crippen LogP contribution is -2.25. The third-order valence-corrected chi connectivity index (χ3v) is 5.18. The van der Waals surface area contributed by atoms with Gasteiger partial charge in [-0.15, -0.1) is 0 Å². The highest BCUT2D eigenvalue weighted by atomic mass is 127. The Bertz CT molecular complexity index is 560.